The number of H-pyrrole nitrogens is 1. The fourth-order valence-electron chi connectivity index (χ4n) is 2.19. The molecule has 0 bridgehead atoms. The maximum Gasteiger partial charge on any atom is 0.323 e. The first-order valence-corrected chi connectivity index (χ1v) is 6.68. The van der Waals surface area contributed by atoms with Gasteiger partial charge in [-0.2, -0.15) is 0 Å². The molecule has 22 heavy (non-hydrogen) atoms. The van der Waals surface area contributed by atoms with Crippen LogP contribution >= 0.6 is 0 Å². The molecule has 1 heterocycles. The van der Waals surface area contributed by atoms with Gasteiger partial charge in [-0.1, -0.05) is 42.5 Å². The first kappa shape index (κ1) is 13.8. The molecule has 0 radical (unpaired) electrons. The van der Waals surface area contributed by atoms with Gasteiger partial charge >= 0.3 is 11.1 Å². The summed E-state index contributed by atoms with van der Waals surface area (Å²) in [7, 11) is 0. The molecule has 0 amide bonds. The van der Waals surface area contributed by atoms with Gasteiger partial charge in [-0.3, -0.25) is 14.4 Å². The number of hydrogen-bond donors (Lipinski definition) is 1. The van der Waals surface area contributed by atoms with Gasteiger partial charge in [0.15, 0.2) is 0 Å². The van der Waals surface area contributed by atoms with Crippen molar-refractivity contribution in [2.45, 2.75) is 0 Å². The topological polar surface area (TPSA) is 71.9 Å². The summed E-state index contributed by atoms with van der Waals surface area (Å²) in [5.41, 5.74) is -0.0667. The van der Waals surface area contributed by atoms with Crippen LogP contribution in [0.5, 0.6) is 0 Å². The van der Waals surface area contributed by atoms with Crippen molar-refractivity contribution in [1.82, 2.24) is 9.55 Å². The van der Waals surface area contributed by atoms with Gasteiger partial charge < -0.3 is 4.98 Å². The van der Waals surface area contributed by atoms with Gasteiger partial charge in [-0.15, -0.1) is 0 Å². The molecule has 2 aromatic carbocycles. The zero-order chi connectivity index (χ0) is 15.5. The average Bonchev–Trinajstić information content (AvgIpc) is 2.55. The second kappa shape index (κ2) is 5.65. The Kier molecular flexibility index (Phi) is 3.53. The highest BCUT2D eigenvalue weighted by molar-refractivity contribution is 5.98. The molecule has 0 atom stereocenters. The number of carbonyl (C=O) groups excluding carboxylic acids is 1. The fourth-order valence-corrected chi connectivity index (χ4v) is 2.19. The van der Waals surface area contributed by atoms with Crippen LogP contribution in [-0.2, 0) is 0 Å². The molecule has 5 heteroatoms. The molecule has 0 aliphatic carbocycles. The van der Waals surface area contributed by atoms with E-state index in [0.717, 1.165) is 10.1 Å². The molecule has 0 saturated heterocycles. The quantitative estimate of drug-likeness (QED) is 0.580. The Labute approximate surface area is 125 Å². The van der Waals surface area contributed by atoms with Crippen LogP contribution in [0.3, 0.4) is 0 Å². The number of hydrogen-bond acceptors (Lipinski definition) is 3. The second-order valence-corrected chi connectivity index (χ2v) is 4.69. The van der Waals surface area contributed by atoms with Crippen LogP contribution in [-0.4, -0.2) is 15.5 Å². The van der Waals surface area contributed by atoms with Crippen LogP contribution < -0.4 is 11.1 Å². The number of nitrogens with one attached hydrogen (secondary N) is 1. The summed E-state index contributed by atoms with van der Waals surface area (Å²) in [5, 5.41) is 0. The van der Waals surface area contributed by atoms with Crippen molar-refractivity contribution in [3.8, 4) is 0 Å². The van der Waals surface area contributed by atoms with Crippen molar-refractivity contribution in [1.29, 1.82) is 0 Å². The number of nitrogens with zero attached hydrogens (tertiary/aromatic N) is 1. The van der Waals surface area contributed by atoms with Gasteiger partial charge in [0, 0.05) is 6.08 Å². The van der Waals surface area contributed by atoms with Gasteiger partial charge in [-0.25, -0.2) is 4.57 Å². The van der Waals surface area contributed by atoms with E-state index in [4.69, 9.17) is 0 Å². The van der Waals surface area contributed by atoms with E-state index >= 15 is 0 Å². The Morgan fingerprint density at radius 3 is 2.41 bits per heavy atom. The highest BCUT2D eigenvalue weighted by Gasteiger charge is 2.11. The lowest BCUT2D eigenvalue weighted by atomic mass is 10.2. The minimum Gasteiger partial charge on any atom is -0.316 e. The smallest absolute Gasteiger partial charge is 0.316 e. The summed E-state index contributed by atoms with van der Waals surface area (Å²) in [6.45, 7) is 0. The van der Waals surface area contributed by atoms with Crippen LogP contribution in [0, 0.1) is 0 Å². The molecule has 0 unspecified atom stereocenters. The highest BCUT2D eigenvalue weighted by Crippen LogP contribution is 2.08. The third-order valence-corrected chi connectivity index (χ3v) is 3.23. The average molecular weight is 292 g/mol. The minimum absolute atomic E-state index is 0.370. The molecule has 3 rings (SSSR count). The van der Waals surface area contributed by atoms with Crippen molar-refractivity contribution in [2.24, 2.45) is 0 Å². The minimum atomic E-state index is -0.888. The van der Waals surface area contributed by atoms with E-state index in [-0.39, 0.29) is 0 Å². The molecule has 5 nitrogen and oxygen atoms in total. The van der Waals surface area contributed by atoms with Gasteiger partial charge in [-0.05, 0) is 23.8 Å². The van der Waals surface area contributed by atoms with Crippen molar-refractivity contribution >= 4 is 23.0 Å². The largest absolute Gasteiger partial charge is 0.323 e. The number of benzene rings is 2. The molecule has 3 aromatic rings. The normalized spacial score (nSPS) is 11.1. The SMILES string of the molecule is O=C(/C=C/c1ccccc1)n1c(=O)c(=O)[nH]c2ccccc21. The summed E-state index contributed by atoms with van der Waals surface area (Å²) in [5.74, 6) is -0.559. The predicted octanol–water partition coefficient (Wildman–Crippen LogP) is 2.04. The second-order valence-electron chi connectivity index (χ2n) is 4.69. The van der Waals surface area contributed by atoms with Crippen LogP contribution in [0.4, 0.5) is 0 Å². The summed E-state index contributed by atoms with van der Waals surface area (Å²) < 4.78 is 0.883. The Balaban J connectivity index is 2.12. The summed E-state index contributed by atoms with van der Waals surface area (Å²) >= 11 is 0. The number of para-hydroxylation sites is 2. The third-order valence-electron chi connectivity index (χ3n) is 3.23. The molecule has 0 spiro atoms. The zero-order valence-corrected chi connectivity index (χ0v) is 11.5. The molecular formula is C17H12N2O3. The summed E-state index contributed by atoms with van der Waals surface area (Å²) in [6, 6.07) is 15.9. The molecule has 108 valence electrons. The molecule has 1 aromatic heterocycles. The predicted molar refractivity (Wildman–Crippen MR) is 84.9 cm³/mol. The Hall–Kier alpha value is -3.21. The van der Waals surface area contributed by atoms with Crippen molar-refractivity contribution < 1.29 is 4.79 Å². The van der Waals surface area contributed by atoms with E-state index in [1.165, 1.54) is 6.08 Å². The zero-order valence-electron chi connectivity index (χ0n) is 11.5. The molecule has 1 N–H and O–H groups in total. The lowest BCUT2D eigenvalue weighted by Crippen LogP contribution is -2.38. The maximum absolute atomic E-state index is 12.3. The van der Waals surface area contributed by atoms with E-state index in [0.29, 0.717) is 11.0 Å². The van der Waals surface area contributed by atoms with Gasteiger partial charge in [0.2, 0.25) is 0 Å². The summed E-state index contributed by atoms with van der Waals surface area (Å²) in [6.07, 6.45) is 2.88. The summed E-state index contributed by atoms with van der Waals surface area (Å²) in [4.78, 5) is 38.5. The first-order valence-electron chi connectivity index (χ1n) is 6.68. The van der Waals surface area contributed by atoms with Crippen molar-refractivity contribution in [3.05, 3.63) is 86.9 Å². The first-order chi connectivity index (χ1) is 10.7. The van der Waals surface area contributed by atoms with E-state index in [1.54, 1.807) is 30.3 Å². The van der Waals surface area contributed by atoms with Crippen LogP contribution in [0.15, 0.2) is 70.3 Å². The number of fused-ring (bicyclic) bond motifs is 1. The lowest BCUT2D eigenvalue weighted by Gasteiger charge is -2.05. The molecule has 0 fully saturated rings. The Bertz CT molecular complexity index is 982. The number of allylic oxidation sites excluding steroid dienone is 1. The van der Waals surface area contributed by atoms with Crippen LogP contribution in [0.2, 0.25) is 0 Å². The molecule has 0 aliphatic heterocycles. The molecule has 0 aliphatic rings. The molecular weight excluding hydrogens is 280 g/mol. The van der Waals surface area contributed by atoms with Crippen LogP contribution in [0.1, 0.15) is 10.4 Å². The standard InChI is InChI=1S/C17H12N2O3/c20-15(11-10-12-6-2-1-3-7-12)19-14-9-5-4-8-13(14)18-16(21)17(19)22/h1-11H,(H,18,21)/b11-10+. The fraction of sp³-hybridized carbons (Fsp3) is 0. The van der Waals surface area contributed by atoms with Gasteiger partial charge in [0.1, 0.15) is 0 Å². The van der Waals surface area contributed by atoms with E-state index in [9.17, 15) is 14.4 Å². The van der Waals surface area contributed by atoms with Crippen molar-refractivity contribution in [2.75, 3.05) is 0 Å². The molecule has 0 saturated carbocycles. The Morgan fingerprint density at radius 2 is 1.64 bits per heavy atom. The van der Waals surface area contributed by atoms with E-state index < -0.39 is 17.0 Å². The van der Waals surface area contributed by atoms with Crippen LogP contribution in [0.25, 0.3) is 17.1 Å². The van der Waals surface area contributed by atoms with E-state index in [2.05, 4.69) is 4.98 Å². The maximum atomic E-state index is 12.3. The number of rotatable bonds is 2. The van der Waals surface area contributed by atoms with Gasteiger partial charge in [0.05, 0.1) is 11.0 Å². The number of carbonyl (C=O) groups is 1. The highest BCUT2D eigenvalue weighted by atomic mass is 16.2. The number of aromatic nitrogens is 2. The van der Waals surface area contributed by atoms with Crippen molar-refractivity contribution in [3.63, 3.8) is 0 Å². The third kappa shape index (κ3) is 2.52. The Morgan fingerprint density at radius 1 is 0.955 bits per heavy atom. The number of aromatic amines is 1. The van der Waals surface area contributed by atoms with Gasteiger partial charge in [0.25, 0.3) is 5.91 Å². The lowest BCUT2D eigenvalue weighted by molar-refractivity contribution is 0.0970. The van der Waals surface area contributed by atoms with E-state index in [1.807, 2.05) is 30.3 Å². The monoisotopic (exact) mass is 292 g/mol.